The first kappa shape index (κ1) is 24.7. The number of halogens is 2. The minimum absolute atomic E-state index is 0.259. The summed E-state index contributed by atoms with van der Waals surface area (Å²) < 4.78 is 14.8. The molecule has 37 heavy (non-hydrogen) atoms. The van der Waals surface area contributed by atoms with Crippen LogP contribution in [0.3, 0.4) is 0 Å². The number of fused-ring (bicyclic) bond motifs is 3. The molecule has 4 aromatic rings. The van der Waals surface area contributed by atoms with Gasteiger partial charge in [-0.05, 0) is 53.1 Å². The molecule has 1 aliphatic rings. The van der Waals surface area contributed by atoms with Gasteiger partial charge >= 0.3 is 6.03 Å². The van der Waals surface area contributed by atoms with Crippen molar-refractivity contribution in [3.63, 3.8) is 0 Å². The molecule has 0 fully saturated rings. The smallest absolute Gasteiger partial charge is 0.326 e. The minimum Gasteiger partial charge on any atom is -0.366 e. The molecule has 9 heteroatoms. The number of primary amides is 1. The van der Waals surface area contributed by atoms with Crippen LogP contribution in [0.4, 0.5) is 9.18 Å². The minimum atomic E-state index is -0.549. The molecule has 7 nitrogen and oxygen atoms in total. The van der Waals surface area contributed by atoms with E-state index in [2.05, 4.69) is 21.3 Å². The van der Waals surface area contributed by atoms with Crippen LogP contribution in [0, 0.1) is 5.82 Å². The van der Waals surface area contributed by atoms with Gasteiger partial charge in [-0.15, -0.1) is 0 Å². The molecule has 2 amide bonds. The Morgan fingerprint density at radius 3 is 2.70 bits per heavy atom. The van der Waals surface area contributed by atoms with Crippen LogP contribution in [0.15, 0.2) is 66.9 Å². The van der Waals surface area contributed by atoms with Gasteiger partial charge in [-0.2, -0.15) is 0 Å². The molecule has 5 rings (SSSR count). The van der Waals surface area contributed by atoms with E-state index in [0.717, 1.165) is 34.3 Å². The highest BCUT2D eigenvalue weighted by molar-refractivity contribution is 6.29. The monoisotopic (exact) mass is 517 g/mol. The summed E-state index contributed by atoms with van der Waals surface area (Å²) in [5.41, 5.74) is 10.3. The molecule has 0 aliphatic carbocycles. The second-order valence-electron chi connectivity index (χ2n) is 8.94. The van der Waals surface area contributed by atoms with Crippen LogP contribution in [0.2, 0.25) is 5.15 Å². The average molecular weight is 518 g/mol. The standard InChI is InChI=1S/C28H25ClFN5O2/c29-26-14-19(9-11-32-26)16-33-28(37)35-24-10-13-34(12-1-2-18-3-6-21(30)7-4-18)17-23(24)22-8-5-20(27(31)36)15-25(22)35/h1-9,11,14-15H,10,12-13,16-17H2,(H2,31,36)(H,33,37)/b2-1+. The van der Waals surface area contributed by atoms with E-state index in [9.17, 15) is 14.0 Å². The van der Waals surface area contributed by atoms with Gasteiger partial charge in [-0.25, -0.2) is 14.2 Å². The molecular weight excluding hydrogens is 493 g/mol. The SMILES string of the molecule is NC(=O)c1ccc2c3c(n(C(=O)NCc4ccnc(Cl)c4)c2c1)CCN(C/C=C/c1ccc(F)cc1)C3. The molecule has 0 atom stereocenters. The van der Waals surface area contributed by atoms with Crippen molar-refractivity contribution in [2.45, 2.75) is 19.5 Å². The Bertz CT molecular complexity index is 1510. The average Bonchev–Trinajstić information content (AvgIpc) is 3.21. The largest absolute Gasteiger partial charge is 0.366 e. The molecular formula is C28H25ClFN5O2. The number of amides is 2. The zero-order chi connectivity index (χ0) is 25.9. The van der Waals surface area contributed by atoms with E-state index in [1.54, 1.807) is 47.2 Å². The highest BCUT2D eigenvalue weighted by Gasteiger charge is 2.26. The second kappa shape index (κ2) is 10.5. The van der Waals surface area contributed by atoms with Crippen molar-refractivity contribution in [3.8, 4) is 0 Å². The van der Waals surface area contributed by atoms with Crippen molar-refractivity contribution in [2.75, 3.05) is 13.1 Å². The Morgan fingerprint density at radius 1 is 1.14 bits per heavy atom. The normalized spacial score (nSPS) is 13.7. The lowest BCUT2D eigenvalue weighted by Gasteiger charge is -2.27. The molecule has 2 aromatic carbocycles. The molecule has 0 radical (unpaired) electrons. The van der Waals surface area contributed by atoms with Crippen molar-refractivity contribution >= 4 is 40.5 Å². The van der Waals surface area contributed by atoms with Gasteiger partial charge < -0.3 is 11.1 Å². The molecule has 0 saturated heterocycles. The highest BCUT2D eigenvalue weighted by Crippen LogP contribution is 2.31. The number of aromatic nitrogens is 2. The summed E-state index contributed by atoms with van der Waals surface area (Å²) in [4.78, 5) is 31.5. The van der Waals surface area contributed by atoms with Crippen LogP contribution < -0.4 is 11.1 Å². The van der Waals surface area contributed by atoms with Crippen molar-refractivity contribution in [1.82, 2.24) is 19.8 Å². The maximum absolute atomic E-state index is 13.4. The van der Waals surface area contributed by atoms with E-state index in [0.29, 0.717) is 35.7 Å². The summed E-state index contributed by atoms with van der Waals surface area (Å²) in [5, 5.41) is 4.23. The number of benzene rings is 2. The summed E-state index contributed by atoms with van der Waals surface area (Å²) in [6, 6.07) is 14.8. The molecule has 188 valence electrons. The first-order valence-electron chi connectivity index (χ1n) is 11.9. The Hall–Kier alpha value is -4.01. The number of pyridine rings is 1. The lowest BCUT2D eigenvalue weighted by Crippen LogP contribution is -2.34. The van der Waals surface area contributed by atoms with Crippen molar-refractivity contribution in [1.29, 1.82) is 0 Å². The number of carbonyl (C=O) groups excluding carboxylic acids is 2. The second-order valence-corrected chi connectivity index (χ2v) is 9.33. The predicted molar refractivity (Wildman–Crippen MR) is 142 cm³/mol. The molecule has 3 heterocycles. The summed E-state index contributed by atoms with van der Waals surface area (Å²) >= 11 is 5.97. The summed E-state index contributed by atoms with van der Waals surface area (Å²) in [5.74, 6) is -0.808. The van der Waals surface area contributed by atoms with Gasteiger partial charge in [-0.1, -0.05) is 42.0 Å². The van der Waals surface area contributed by atoms with Gasteiger partial charge in [0.1, 0.15) is 11.0 Å². The number of nitrogens with one attached hydrogen (secondary N) is 1. The number of rotatable bonds is 6. The summed E-state index contributed by atoms with van der Waals surface area (Å²) in [6.45, 7) is 2.39. The number of nitrogens with two attached hydrogens (primary N) is 1. The number of carbonyl (C=O) groups is 2. The van der Waals surface area contributed by atoms with Crippen molar-refractivity contribution in [3.05, 3.63) is 106 Å². The van der Waals surface area contributed by atoms with E-state index in [1.807, 2.05) is 12.1 Å². The quantitative estimate of drug-likeness (QED) is 0.361. The van der Waals surface area contributed by atoms with E-state index < -0.39 is 5.91 Å². The molecule has 0 spiro atoms. The van der Waals surface area contributed by atoms with Crippen LogP contribution in [0.5, 0.6) is 0 Å². The number of hydrogen-bond donors (Lipinski definition) is 2. The maximum atomic E-state index is 13.4. The zero-order valence-corrected chi connectivity index (χ0v) is 20.7. The maximum Gasteiger partial charge on any atom is 0.326 e. The fraction of sp³-hybridized carbons (Fsp3) is 0.179. The summed E-state index contributed by atoms with van der Waals surface area (Å²) in [7, 11) is 0. The van der Waals surface area contributed by atoms with Gasteiger partial charge in [0.2, 0.25) is 5.91 Å². The van der Waals surface area contributed by atoms with E-state index in [-0.39, 0.29) is 18.4 Å². The highest BCUT2D eigenvalue weighted by atomic mass is 35.5. The van der Waals surface area contributed by atoms with Gasteiger partial charge in [0.15, 0.2) is 0 Å². The first-order valence-corrected chi connectivity index (χ1v) is 12.3. The van der Waals surface area contributed by atoms with Crippen molar-refractivity contribution < 1.29 is 14.0 Å². The predicted octanol–water partition coefficient (Wildman–Crippen LogP) is 4.76. The molecule has 0 bridgehead atoms. The Labute approximate surface area is 218 Å². The van der Waals surface area contributed by atoms with Gasteiger partial charge in [0, 0.05) is 55.4 Å². The van der Waals surface area contributed by atoms with Crippen LogP contribution in [-0.2, 0) is 19.5 Å². The fourth-order valence-corrected chi connectivity index (χ4v) is 4.87. The number of nitrogens with zero attached hydrogens (tertiary/aromatic N) is 3. The van der Waals surface area contributed by atoms with Crippen molar-refractivity contribution in [2.24, 2.45) is 5.73 Å². The van der Waals surface area contributed by atoms with E-state index in [1.165, 1.54) is 12.1 Å². The van der Waals surface area contributed by atoms with E-state index >= 15 is 0 Å². The number of hydrogen-bond acceptors (Lipinski definition) is 4. The van der Waals surface area contributed by atoms with Gasteiger partial charge in [0.25, 0.3) is 0 Å². The lowest BCUT2D eigenvalue weighted by molar-refractivity contribution is 0.100. The Kier molecular flexibility index (Phi) is 7.03. The van der Waals surface area contributed by atoms with E-state index in [4.69, 9.17) is 17.3 Å². The van der Waals surface area contributed by atoms with Gasteiger partial charge in [0.05, 0.1) is 5.52 Å². The molecule has 2 aromatic heterocycles. The fourth-order valence-electron chi connectivity index (χ4n) is 4.68. The topological polar surface area (TPSA) is 93.2 Å². The molecule has 1 aliphatic heterocycles. The van der Waals surface area contributed by atoms with Crippen LogP contribution in [0.1, 0.15) is 32.7 Å². The molecule has 3 N–H and O–H groups in total. The Morgan fingerprint density at radius 2 is 1.95 bits per heavy atom. The molecule has 0 unspecified atom stereocenters. The van der Waals surface area contributed by atoms with Gasteiger partial charge in [-0.3, -0.25) is 14.3 Å². The third kappa shape index (κ3) is 5.40. The first-order chi connectivity index (χ1) is 17.9. The molecule has 0 saturated carbocycles. The summed E-state index contributed by atoms with van der Waals surface area (Å²) in [6.07, 6.45) is 6.27. The third-order valence-electron chi connectivity index (χ3n) is 6.49. The van der Waals surface area contributed by atoms with Crippen LogP contribution in [0.25, 0.3) is 17.0 Å². The Balaban J connectivity index is 1.41. The lowest BCUT2D eigenvalue weighted by atomic mass is 10.0. The van der Waals surface area contributed by atoms with Crippen LogP contribution >= 0.6 is 11.6 Å². The third-order valence-corrected chi connectivity index (χ3v) is 6.70. The van der Waals surface area contributed by atoms with Crippen LogP contribution in [-0.4, -0.2) is 39.5 Å². The zero-order valence-electron chi connectivity index (χ0n) is 20.0.